The Hall–Kier alpha value is -1.09. The zero-order chi connectivity index (χ0) is 14.3. The first kappa shape index (κ1) is 13.9. The van der Waals surface area contributed by atoms with Gasteiger partial charge in [-0.1, -0.05) is 12.8 Å². The maximum Gasteiger partial charge on any atom is 0.128 e. The fourth-order valence-electron chi connectivity index (χ4n) is 3.22. The summed E-state index contributed by atoms with van der Waals surface area (Å²) in [6.07, 6.45) is 5.18. The number of fused-ring (bicyclic) bond motifs is 1. The van der Waals surface area contributed by atoms with Gasteiger partial charge < -0.3 is 4.57 Å². The summed E-state index contributed by atoms with van der Waals surface area (Å²) >= 11 is 6.27. The van der Waals surface area contributed by atoms with Crippen LogP contribution in [0.2, 0.25) is 0 Å². The highest BCUT2D eigenvalue weighted by molar-refractivity contribution is 6.20. The molecule has 1 aromatic carbocycles. The normalized spacial score (nSPS) is 18.0. The predicted molar refractivity (Wildman–Crippen MR) is 80.7 cm³/mol. The van der Waals surface area contributed by atoms with E-state index in [2.05, 4.69) is 9.55 Å². The summed E-state index contributed by atoms with van der Waals surface area (Å²) in [6.45, 7) is 4.68. The average molecular weight is 295 g/mol. The van der Waals surface area contributed by atoms with Crippen LogP contribution in [0.3, 0.4) is 0 Å². The van der Waals surface area contributed by atoms with Gasteiger partial charge in [0.1, 0.15) is 11.6 Å². The van der Waals surface area contributed by atoms with Crippen molar-refractivity contribution < 1.29 is 4.39 Å². The van der Waals surface area contributed by atoms with Crippen LogP contribution in [0.1, 0.15) is 49.4 Å². The molecule has 0 aliphatic heterocycles. The van der Waals surface area contributed by atoms with Gasteiger partial charge in [-0.15, -0.1) is 11.6 Å². The largest absolute Gasteiger partial charge is 0.326 e. The molecule has 1 saturated carbocycles. The van der Waals surface area contributed by atoms with Gasteiger partial charge in [-0.2, -0.15) is 0 Å². The van der Waals surface area contributed by atoms with Gasteiger partial charge in [0.2, 0.25) is 0 Å². The van der Waals surface area contributed by atoms with Crippen LogP contribution in [-0.4, -0.2) is 9.55 Å². The number of benzene rings is 1. The van der Waals surface area contributed by atoms with Crippen molar-refractivity contribution in [2.24, 2.45) is 5.92 Å². The highest BCUT2D eigenvalue weighted by Crippen LogP contribution is 2.31. The lowest BCUT2D eigenvalue weighted by atomic mass is 10.1. The van der Waals surface area contributed by atoms with Crippen LogP contribution in [0, 0.1) is 18.7 Å². The molecule has 0 N–H and O–H groups in total. The predicted octanol–water partition coefficient (Wildman–Crippen LogP) is 4.97. The lowest BCUT2D eigenvalue weighted by Crippen LogP contribution is -2.11. The van der Waals surface area contributed by atoms with Crippen molar-refractivity contribution in [2.75, 3.05) is 0 Å². The lowest BCUT2D eigenvalue weighted by Gasteiger charge is -2.15. The van der Waals surface area contributed by atoms with Gasteiger partial charge in [-0.05, 0) is 44.2 Å². The number of hydrogen-bond acceptors (Lipinski definition) is 1. The highest BCUT2D eigenvalue weighted by Gasteiger charge is 2.21. The van der Waals surface area contributed by atoms with Gasteiger partial charge in [0.15, 0.2) is 0 Å². The molecule has 2 aromatic rings. The molecule has 2 nitrogen and oxygen atoms in total. The standard InChI is InChI=1S/C16H20ClFN2/c1-10-7-15-14(8-13(10)18)19-16(11(2)17)20(15)9-12-5-3-4-6-12/h7-8,11-12H,3-6,9H2,1-2H3. The average Bonchev–Trinajstić information content (AvgIpc) is 3.00. The maximum absolute atomic E-state index is 13.7. The van der Waals surface area contributed by atoms with E-state index in [9.17, 15) is 4.39 Å². The molecule has 1 heterocycles. The Kier molecular flexibility index (Phi) is 3.72. The third kappa shape index (κ3) is 2.44. The van der Waals surface area contributed by atoms with Crippen molar-refractivity contribution in [1.82, 2.24) is 9.55 Å². The summed E-state index contributed by atoms with van der Waals surface area (Å²) in [5.74, 6) is 1.36. The number of rotatable bonds is 3. The third-order valence-corrected chi connectivity index (χ3v) is 4.52. The zero-order valence-corrected chi connectivity index (χ0v) is 12.8. The van der Waals surface area contributed by atoms with E-state index >= 15 is 0 Å². The van der Waals surface area contributed by atoms with E-state index in [-0.39, 0.29) is 11.2 Å². The van der Waals surface area contributed by atoms with Crippen molar-refractivity contribution in [3.63, 3.8) is 0 Å². The Labute approximate surface area is 123 Å². The van der Waals surface area contributed by atoms with Crippen molar-refractivity contribution in [1.29, 1.82) is 0 Å². The van der Waals surface area contributed by atoms with E-state index in [0.717, 1.165) is 17.9 Å². The van der Waals surface area contributed by atoms with Crippen LogP contribution >= 0.6 is 11.6 Å². The van der Waals surface area contributed by atoms with E-state index in [1.807, 2.05) is 13.0 Å². The van der Waals surface area contributed by atoms with Crippen molar-refractivity contribution in [3.05, 3.63) is 29.3 Å². The quantitative estimate of drug-likeness (QED) is 0.731. The van der Waals surface area contributed by atoms with Gasteiger partial charge in [0.05, 0.1) is 16.4 Å². The van der Waals surface area contributed by atoms with Gasteiger partial charge in [-0.3, -0.25) is 0 Å². The summed E-state index contributed by atoms with van der Waals surface area (Å²) in [5, 5.41) is -0.160. The van der Waals surface area contributed by atoms with Crippen LogP contribution in [0.5, 0.6) is 0 Å². The van der Waals surface area contributed by atoms with E-state index in [1.54, 1.807) is 6.92 Å². The second-order valence-corrected chi connectivity index (χ2v) is 6.59. The molecule has 20 heavy (non-hydrogen) atoms. The van der Waals surface area contributed by atoms with Gasteiger partial charge >= 0.3 is 0 Å². The van der Waals surface area contributed by atoms with Crippen LogP contribution in [0.25, 0.3) is 11.0 Å². The van der Waals surface area contributed by atoms with Crippen molar-refractivity contribution in [3.8, 4) is 0 Å². The first-order chi connectivity index (χ1) is 9.56. The van der Waals surface area contributed by atoms with E-state index in [0.29, 0.717) is 17.0 Å². The number of nitrogens with zero attached hydrogens (tertiary/aromatic N) is 2. The van der Waals surface area contributed by atoms with Crippen molar-refractivity contribution >= 4 is 22.6 Å². The van der Waals surface area contributed by atoms with Gasteiger partial charge in [0.25, 0.3) is 0 Å². The second-order valence-electron chi connectivity index (χ2n) is 5.94. The second kappa shape index (κ2) is 5.36. The Morgan fingerprint density at radius 1 is 1.40 bits per heavy atom. The first-order valence-corrected chi connectivity index (χ1v) is 7.80. The molecule has 0 bridgehead atoms. The molecule has 1 aliphatic rings. The molecule has 1 aliphatic carbocycles. The molecule has 0 radical (unpaired) electrons. The molecule has 0 saturated heterocycles. The number of imidazole rings is 1. The smallest absolute Gasteiger partial charge is 0.128 e. The van der Waals surface area contributed by atoms with Crippen molar-refractivity contribution in [2.45, 2.75) is 51.5 Å². The number of alkyl halides is 1. The number of hydrogen-bond donors (Lipinski definition) is 0. The monoisotopic (exact) mass is 294 g/mol. The van der Waals surface area contributed by atoms with Crippen LogP contribution in [-0.2, 0) is 6.54 Å². The Balaban J connectivity index is 2.10. The third-order valence-electron chi connectivity index (χ3n) is 4.33. The van der Waals surface area contributed by atoms with Crippen LogP contribution < -0.4 is 0 Å². The molecular formula is C16H20ClFN2. The van der Waals surface area contributed by atoms with E-state index in [4.69, 9.17) is 11.6 Å². The summed E-state index contributed by atoms with van der Waals surface area (Å²) in [5.41, 5.74) is 2.39. The lowest BCUT2D eigenvalue weighted by molar-refractivity contribution is 0.454. The molecule has 1 unspecified atom stereocenters. The Morgan fingerprint density at radius 2 is 2.10 bits per heavy atom. The minimum absolute atomic E-state index is 0.160. The molecule has 0 spiro atoms. The molecule has 108 valence electrons. The zero-order valence-electron chi connectivity index (χ0n) is 12.0. The van der Waals surface area contributed by atoms with Crippen LogP contribution in [0.15, 0.2) is 12.1 Å². The summed E-state index contributed by atoms with van der Waals surface area (Å²) < 4.78 is 15.9. The Bertz CT molecular complexity index is 627. The number of aryl methyl sites for hydroxylation is 1. The molecule has 0 amide bonds. The number of aromatic nitrogens is 2. The molecule has 4 heteroatoms. The fraction of sp³-hybridized carbons (Fsp3) is 0.562. The van der Waals surface area contributed by atoms with E-state index < -0.39 is 0 Å². The van der Waals surface area contributed by atoms with Gasteiger partial charge in [-0.25, -0.2) is 9.37 Å². The first-order valence-electron chi connectivity index (χ1n) is 7.36. The Morgan fingerprint density at radius 3 is 2.75 bits per heavy atom. The van der Waals surface area contributed by atoms with Crippen LogP contribution in [0.4, 0.5) is 4.39 Å². The summed E-state index contributed by atoms with van der Waals surface area (Å²) in [6, 6.07) is 3.42. The maximum atomic E-state index is 13.7. The molecule has 1 atom stereocenters. The topological polar surface area (TPSA) is 17.8 Å². The van der Waals surface area contributed by atoms with Gasteiger partial charge in [0, 0.05) is 12.6 Å². The summed E-state index contributed by atoms with van der Waals surface area (Å²) in [7, 11) is 0. The SMILES string of the molecule is Cc1cc2c(cc1F)nc(C(C)Cl)n2CC1CCCC1. The number of halogens is 2. The molecule has 1 fully saturated rings. The molecule has 3 rings (SSSR count). The molecular weight excluding hydrogens is 275 g/mol. The molecule has 1 aromatic heterocycles. The minimum atomic E-state index is -0.197. The fourth-order valence-corrected chi connectivity index (χ4v) is 3.38. The van der Waals surface area contributed by atoms with E-state index in [1.165, 1.54) is 31.7 Å². The highest BCUT2D eigenvalue weighted by atomic mass is 35.5. The minimum Gasteiger partial charge on any atom is -0.326 e. The summed E-state index contributed by atoms with van der Waals surface area (Å²) in [4.78, 5) is 4.55.